The van der Waals surface area contributed by atoms with Crippen molar-refractivity contribution in [3.8, 4) is 6.07 Å². The Bertz CT molecular complexity index is 128. The van der Waals surface area contributed by atoms with Gasteiger partial charge in [0, 0.05) is 0 Å². The van der Waals surface area contributed by atoms with Crippen molar-refractivity contribution in [1.82, 2.24) is 0 Å². The second-order valence-corrected chi connectivity index (χ2v) is 2.67. The molecule has 2 nitrogen and oxygen atoms in total. The van der Waals surface area contributed by atoms with Crippen molar-refractivity contribution in [3.63, 3.8) is 0 Å². The monoisotopic (exact) mass is 110 g/mol. The summed E-state index contributed by atoms with van der Waals surface area (Å²) in [4.78, 5) is 0. The molecule has 8 heavy (non-hydrogen) atoms. The van der Waals surface area contributed by atoms with Crippen LogP contribution < -0.4 is 5.73 Å². The molecule has 0 aliphatic heterocycles. The zero-order valence-electron chi connectivity index (χ0n) is 5.02. The van der Waals surface area contributed by atoms with Crippen LogP contribution in [0.2, 0.25) is 0 Å². The average molecular weight is 110 g/mol. The van der Waals surface area contributed by atoms with E-state index in [1.54, 1.807) is 6.92 Å². The van der Waals surface area contributed by atoms with Gasteiger partial charge in [0.05, 0.1) is 6.07 Å². The quantitative estimate of drug-likeness (QED) is 0.538. The van der Waals surface area contributed by atoms with Crippen LogP contribution in [0.25, 0.3) is 0 Å². The van der Waals surface area contributed by atoms with E-state index in [-0.39, 0.29) is 0 Å². The van der Waals surface area contributed by atoms with Gasteiger partial charge in [0.25, 0.3) is 0 Å². The van der Waals surface area contributed by atoms with Crippen LogP contribution in [0.1, 0.15) is 19.8 Å². The average Bonchev–Trinajstić information content (AvgIpc) is 2.44. The van der Waals surface area contributed by atoms with E-state index in [2.05, 4.69) is 6.07 Å². The largest absolute Gasteiger partial charge is 0.313 e. The Hall–Kier alpha value is -0.550. The first-order chi connectivity index (χ1) is 3.67. The molecule has 1 aliphatic carbocycles. The summed E-state index contributed by atoms with van der Waals surface area (Å²) in [5.74, 6) is 0.479. The van der Waals surface area contributed by atoms with Gasteiger partial charge in [0.15, 0.2) is 0 Å². The summed E-state index contributed by atoms with van der Waals surface area (Å²) in [6.07, 6.45) is 2.28. The Morgan fingerprint density at radius 2 is 2.25 bits per heavy atom. The molecule has 0 aromatic carbocycles. The standard InChI is InChI=1S/C6H10N2/c1-6(8,4-7)5-2-3-5/h5H,2-3,8H2,1H3/t6-/m1/s1. The summed E-state index contributed by atoms with van der Waals surface area (Å²) in [7, 11) is 0. The number of nitriles is 1. The van der Waals surface area contributed by atoms with Gasteiger partial charge in [-0.05, 0) is 25.7 Å². The van der Waals surface area contributed by atoms with Crippen molar-refractivity contribution in [1.29, 1.82) is 5.26 Å². The van der Waals surface area contributed by atoms with Crippen LogP contribution in [0.4, 0.5) is 0 Å². The van der Waals surface area contributed by atoms with E-state index in [9.17, 15) is 0 Å². The molecule has 0 unspecified atom stereocenters. The van der Waals surface area contributed by atoms with Crippen molar-refractivity contribution in [2.75, 3.05) is 0 Å². The third-order valence-corrected chi connectivity index (χ3v) is 1.67. The maximum Gasteiger partial charge on any atom is 0.104 e. The molecule has 1 rings (SSSR count). The number of nitrogens with two attached hydrogens (primary N) is 1. The van der Waals surface area contributed by atoms with Gasteiger partial charge in [-0.15, -0.1) is 0 Å². The van der Waals surface area contributed by atoms with Gasteiger partial charge in [-0.2, -0.15) is 5.26 Å². The Morgan fingerprint density at radius 1 is 1.75 bits per heavy atom. The van der Waals surface area contributed by atoms with Crippen LogP contribution in [0.3, 0.4) is 0 Å². The maximum absolute atomic E-state index is 8.43. The van der Waals surface area contributed by atoms with Crippen molar-refractivity contribution in [2.45, 2.75) is 25.3 Å². The van der Waals surface area contributed by atoms with Crippen molar-refractivity contribution in [3.05, 3.63) is 0 Å². The second-order valence-electron chi connectivity index (χ2n) is 2.67. The van der Waals surface area contributed by atoms with E-state index in [1.807, 2.05) is 0 Å². The predicted octanol–water partition coefficient (Wildman–Crippen LogP) is 0.637. The van der Waals surface area contributed by atoms with Gasteiger partial charge in [-0.1, -0.05) is 0 Å². The molecule has 0 aromatic heterocycles. The minimum absolute atomic E-state index is 0.479. The Labute approximate surface area is 49.3 Å². The Balaban J connectivity index is 2.53. The van der Waals surface area contributed by atoms with E-state index in [0.717, 1.165) is 12.8 Å². The molecule has 0 saturated heterocycles. The fraction of sp³-hybridized carbons (Fsp3) is 0.833. The Kier molecular flexibility index (Phi) is 1.02. The number of hydrogen-bond acceptors (Lipinski definition) is 2. The minimum atomic E-state index is -0.542. The zero-order valence-corrected chi connectivity index (χ0v) is 5.02. The van der Waals surface area contributed by atoms with Crippen LogP contribution >= 0.6 is 0 Å². The summed E-state index contributed by atoms with van der Waals surface area (Å²) in [6, 6.07) is 2.08. The summed E-state index contributed by atoms with van der Waals surface area (Å²) in [5.41, 5.74) is 5.02. The van der Waals surface area contributed by atoms with E-state index >= 15 is 0 Å². The van der Waals surface area contributed by atoms with E-state index < -0.39 is 5.54 Å². The van der Waals surface area contributed by atoms with E-state index in [4.69, 9.17) is 11.0 Å². The molecule has 2 heteroatoms. The maximum atomic E-state index is 8.43. The molecule has 0 bridgehead atoms. The van der Waals surface area contributed by atoms with Crippen LogP contribution in [0.5, 0.6) is 0 Å². The molecule has 0 amide bonds. The molecule has 0 spiro atoms. The molecular weight excluding hydrogens is 100 g/mol. The van der Waals surface area contributed by atoms with Crippen LogP contribution in [-0.4, -0.2) is 5.54 Å². The van der Waals surface area contributed by atoms with Crippen molar-refractivity contribution >= 4 is 0 Å². The minimum Gasteiger partial charge on any atom is -0.313 e. The fourth-order valence-corrected chi connectivity index (χ4v) is 0.774. The third-order valence-electron chi connectivity index (χ3n) is 1.67. The summed E-state index contributed by atoms with van der Waals surface area (Å²) < 4.78 is 0. The number of nitrogens with zero attached hydrogens (tertiary/aromatic N) is 1. The highest BCUT2D eigenvalue weighted by Crippen LogP contribution is 2.37. The molecular formula is C6H10N2. The third kappa shape index (κ3) is 0.823. The van der Waals surface area contributed by atoms with Gasteiger partial charge in [0.2, 0.25) is 0 Å². The van der Waals surface area contributed by atoms with Crippen LogP contribution in [0.15, 0.2) is 0 Å². The molecule has 0 heterocycles. The second kappa shape index (κ2) is 1.46. The van der Waals surface area contributed by atoms with E-state index in [0.29, 0.717) is 5.92 Å². The summed E-state index contributed by atoms with van der Waals surface area (Å²) >= 11 is 0. The molecule has 1 fully saturated rings. The summed E-state index contributed by atoms with van der Waals surface area (Å²) in [5, 5.41) is 8.43. The lowest BCUT2D eigenvalue weighted by Crippen LogP contribution is -2.36. The molecule has 2 N–H and O–H groups in total. The first-order valence-corrected chi connectivity index (χ1v) is 2.87. The zero-order chi connectivity index (χ0) is 6.20. The number of rotatable bonds is 1. The van der Waals surface area contributed by atoms with E-state index in [1.165, 1.54) is 0 Å². The SMILES string of the molecule is C[C@@](N)(C#N)C1CC1. The van der Waals surface area contributed by atoms with Crippen LogP contribution in [0, 0.1) is 17.2 Å². The lowest BCUT2D eigenvalue weighted by atomic mass is 10.0. The Morgan fingerprint density at radius 3 is 2.38 bits per heavy atom. The normalized spacial score (nSPS) is 26.1. The van der Waals surface area contributed by atoms with Gasteiger partial charge < -0.3 is 5.73 Å². The van der Waals surface area contributed by atoms with Crippen LogP contribution in [-0.2, 0) is 0 Å². The van der Waals surface area contributed by atoms with Gasteiger partial charge in [-0.25, -0.2) is 0 Å². The molecule has 44 valence electrons. The van der Waals surface area contributed by atoms with Gasteiger partial charge in [-0.3, -0.25) is 0 Å². The van der Waals surface area contributed by atoms with Crippen molar-refractivity contribution in [2.24, 2.45) is 11.7 Å². The number of hydrogen-bond donors (Lipinski definition) is 1. The topological polar surface area (TPSA) is 49.8 Å². The lowest BCUT2D eigenvalue weighted by Gasteiger charge is -2.11. The summed E-state index contributed by atoms with van der Waals surface area (Å²) in [6.45, 7) is 1.80. The highest BCUT2D eigenvalue weighted by molar-refractivity contribution is 5.09. The molecule has 0 aromatic rings. The highest BCUT2D eigenvalue weighted by Gasteiger charge is 2.38. The van der Waals surface area contributed by atoms with Gasteiger partial charge >= 0.3 is 0 Å². The lowest BCUT2D eigenvalue weighted by molar-refractivity contribution is 0.523. The highest BCUT2D eigenvalue weighted by atomic mass is 14.8. The van der Waals surface area contributed by atoms with Crippen molar-refractivity contribution < 1.29 is 0 Å². The molecule has 0 radical (unpaired) electrons. The molecule has 1 aliphatic rings. The molecule has 1 atom stereocenters. The first kappa shape index (κ1) is 5.58. The molecule has 1 saturated carbocycles. The smallest absolute Gasteiger partial charge is 0.104 e. The fourth-order valence-electron chi connectivity index (χ4n) is 0.774. The van der Waals surface area contributed by atoms with Gasteiger partial charge in [0.1, 0.15) is 5.54 Å². The predicted molar refractivity (Wildman–Crippen MR) is 30.9 cm³/mol. The first-order valence-electron chi connectivity index (χ1n) is 2.87.